The van der Waals surface area contributed by atoms with Crippen LogP contribution in [0.5, 0.6) is 11.5 Å². The number of aromatic amines is 1. The van der Waals surface area contributed by atoms with Crippen LogP contribution in [0.4, 0.5) is 0 Å². The Kier molecular flexibility index (Phi) is 12.2. The number of rotatable bonds is 17. The van der Waals surface area contributed by atoms with Crippen molar-refractivity contribution in [2.24, 2.45) is 5.92 Å². The van der Waals surface area contributed by atoms with E-state index < -0.39 is 49.2 Å². The second-order valence-corrected chi connectivity index (χ2v) is 15.2. The maximum absolute atomic E-state index is 13.2. The molecule has 1 fully saturated rings. The zero-order valence-corrected chi connectivity index (χ0v) is 32.3. The first-order valence-electron chi connectivity index (χ1n) is 18.0. The van der Waals surface area contributed by atoms with E-state index in [1.54, 1.807) is 14.2 Å². The van der Waals surface area contributed by atoms with Gasteiger partial charge in [0.05, 0.1) is 45.8 Å². The summed E-state index contributed by atoms with van der Waals surface area (Å²) in [5.74, 6) is 0.931. The SMILES string of the molecule is COc1ccc(C(OCC23C=CC(C(n4ccc(=O)[nH]c4=O)O2)C3OP(OCCC#N)N(C(C)C)C(C)C)(c2ccccc2)c2ccc(OC)cc2)cc1. The van der Waals surface area contributed by atoms with E-state index in [1.807, 2.05) is 91.0 Å². The molecule has 1 N–H and O–H groups in total. The third-order valence-electron chi connectivity index (χ3n) is 9.78. The van der Waals surface area contributed by atoms with Crippen LogP contribution in [0.1, 0.15) is 57.0 Å². The van der Waals surface area contributed by atoms with Crippen molar-refractivity contribution >= 4 is 8.53 Å². The fraction of sp³-hybridized carbons (Fsp3) is 0.390. The third-order valence-corrected chi connectivity index (χ3v) is 11.9. The molecule has 2 heterocycles. The van der Waals surface area contributed by atoms with Crippen molar-refractivity contribution in [1.82, 2.24) is 14.2 Å². The van der Waals surface area contributed by atoms with Crippen molar-refractivity contribution in [3.63, 3.8) is 0 Å². The minimum absolute atomic E-state index is 0.0169. The molecule has 5 atom stereocenters. The Bertz CT molecular complexity index is 1990. The van der Waals surface area contributed by atoms with Gasteiger partial charge in [-0.05, 0) is 68.7 Å². The number of H-pyrrole nitrogens is 1. The van der Waals surface area contributed by atoms with E-state index in [2.05, 4.69) is 43.4 Å². The van der Waals surface area contributed by atoms with Crippen LogP contribution in [0.25, 0.3) is 0 Å². The predicted octanol–water partition coefficient (Wildman–Crippen LogP) is 6.68. The van der Waals surface area contributed by atoms with Gasteiger partial charge in [0.2, 0.25) is 0 Å². The van der Waals surface area contributed by atoms with Crippen LogP contribution in [0, 0.1) is 17.2 Å². The van der Waals surface area contributed by atoms with Gasteiger partial charge in [-0.1, -0.05) is 66.7 Å². The fourth-order valence-electron chi connectivity index (χ4n) is 7.33. The number of nitriles is 1. The Hall–Kier alpha value is -4.60. The van der Waals surface area contributed by atoms with Gasteiger partial charge in [0.1, 0.15) is 35.0 Å². The second-order valence-electron chi connectivity index (χ2n) is 13.8. The van der Waals surface area contributed by atoms with Crippen LogP contribution >= 0.6 is 8.53 Å². The number of aromatic nitrogens is 2. The largest absolute Gasteiger partial charge is 0.497 e. The zero-order chi connectivity index (χ0) is 38.5. The van der Waals surface area contributed by atoms with E-state index in [0.29, 0.717) is 11.5 Å². The van der Waals surface area contributed by atoms with E-state index in [9.17, 15) is 14.9 Å². The number of nitrogens with one attached hydrogen (secondary N) is 1. The molecule has 0 spiro atoms. The second kappa shape index (κ2) is 16.8. The van der Waals surface area contributed by atoms with Crippen LogP contribution in [0.3, 0.4) is 0 Å². The van der Waals surface area contributed by atoms with Gasteiger partial charge in [0, 0.05) is 24.3 Å². The van der Waals surface area contributed by atoms with Gasteiger partial charge in [0.25, 0.3) is 14.1 Å². The zero-order valence-electron chi connectivity index (χ0n) is 31.4. The normalized spacial score (nSPS) is 21.1. The Labute approximate surface area is 316 Å². The van der Waals surface area contributed by atoms with Crippen molar-refractivity contribution in [2.75, 3.05) is 27.4 Å². The third kappa shape index (κ3) is 7.66. The summed E-state index contributed by atoms with van der Waals surface area (Å²) in [6, 6.07) is 29.0. The molecule has 0 radical (unpaired) electrons. The summed E-state index contributed by atoms with van der Waals surface area (Å²) in [7, 11) is 1.53. The van der Waals surface area contributed by atoms with Crippen molar-refractivity contribution < 1.29 is 28.0 Å². The number of ether oxygens (including phenoxy) is 4. The topological polar surface area (TPSA) is 137 Å². The first-order chi connectivity index (χ1) is 26.1. The first kappa shape index (κ1) is 39.1. The fourth-order valence-corrected chi connectivity index (χ4v) is 9.15. The van der Waals surface area contributed by atoms with Gasteiger partial charge in [-0.25, -0.2) is 9.46 Å². The molecule has 1 saturated heterocycles. The van der Waals surface area contributed by atoms with Crippen LogP contribution in [0.2, 0.25) is 0 Å². The quantitative estimate of drug-likeness (QED) is 0.0538. The molecule has 1 aliphatic heterocycles. The summed E-state index contributed by atoms with van der Waals surface area (Å²) < 4.78 is 42.3. The van der Waals surface area contributed by atoms with Crippen LogP contribution in [0.15, 0.2) is 113 Å². The maximum Gasteiger partial charge on any atom is 0.330 e. The molecule has 12 nitrogen and oxygen atoms in total. The van der Waals surface area contributed by atoms with E-state index in [0.717, 1.165) is 16.7 Å². The average molecular weight is 755 g/mol. The average Bonchev–Trinajstić information content (AvgIpc) is 3.66. The predicted molar refractivity (Wildman–Crippen MR) is 205 cm³/mol. The monoisotopic (exact) mass is 754 g/mol. The molecule has 13 heteroatoms. The number of fused-ring (bicyclic) bond motifs is 2. The van der Waals surface area contributed by atoms with Crippen LogP contribution in [-0.4, -0.2) is 65.4 Å². The highest BCUT2D eigenvalue weighted by atomic mass is 31.2. The lowest BCUT2D eigenvalue weighted by atomic mass is 9.79. The molecule has 2 bridgehead atoms. The number of nitrogens with zero attached hydrogens (tertiary/aromatic N) is 3. The van der Waals surface area contributed by atoms with Gasteiger partial charge in [-0.15, -0.1) is 0 Å². The minimum atomic E-state index is -1.72. The lowest BCUT2D eigenvalue weighted by Crippen LogP contribution is -2.47. The molecule has 6 rings (SSSR count). The molecule has 54 heavy (non-hydrogen) atoms. The molecule has 0 amide bonds. The summed E-state index contributed by atoms with van der Waals surface area (Å²) in [5.41, 5.74) is -0.951. The Morgan fingerprint density at radius 1 is 0.907 bits per heavy atom. The van der Waals surface area contributed by atoms with E-state index >= 15 is 0 Å². The standard InChI is InChI=1S/C41H47N4O8P/c1-28(2)45(29(3)4)54(51-26-10-24-42)53-37-35-21-23-40(37,52-38(35)44-25-22-36(46)43-39(44)47)27-50-41(30-11-8-7-9-12-30,31-13-17-33(48-5)18-14-31)32-15-19-34(49-6)20-16-32/h7-9,11-23,25,28-29,35,37-38H,10,26-27H2,1-6H3,(H,43,46,47). The molecule has 1 aromatic heterocycles. The highest BCUT2D eigenvalue weighted by molar-refractivity contribution is 7.44. The highest BCUT2D eigenvalue weighted by Crippen LogP contribution is 2.57. The van der Waals surface area contributed by atoms with Gasteiger partial charge in [0.15, 0.2) is 0 Å². The molecular formula is C41H47N4O8P. The van der Waals surface area contributed by atoms with Gasteiger partial charge < -0.3 is 28.0 Å². The highest BCUT2D eigenvalue weighted by Gasteiger charge is 2.61. The van der Waals surface area contributed by atoms with E-state index in [4.69, 9.17) is 28.0 Å². The molecule has 2 aliphatic rings. The van der Waals surface area contributed by atoms with Gasteiger partial charge in [-0.3, -0.25) is 14.3 Å². The molecule has 0 saturated carbocycles. The molecule has 1 aliphatic carbocycles. The Balaban J connectivity index is 1.49. The first-order valence-corrected chi connectivity index (χ1v) is 19.1. The Morgan fingerprint density at radius 2 is 1.50 bits per heavy atom. The minimum Gasteiger partial charge on any atom is -0.497 e. The summed E-state index contributed by atoms with van der Waals surface area (Å²) in [6.45, 7) is 8.46. The summed E-state index contributed by atoms with van der Waals surface area (Å²) in [4.78, 5) is 27.7. The number of methoxy groups -OCH3 is 2. The summed E-state index contributed by atoms with van der Waals surface area (Å²) >= 11 is 0. The Morgan fingerprint density at radius 3 is 2.04 bits per heavy atom. The van der Waals surface area contributed by atoms with Gasteiger partial charge in [-0.2, -0.15) is 5.26 Å². The van der Waals surface area contributed by atoms with E-state index in [-0.39, 0.29) is 31.7 Å². The molecule has 4 aromatic rings. The van der Waals surface area contributed by atoms with Crippen LogP contribution in [-0.2, 0) is 24.1 Å². The summed E-state index contributed by atoms with van der Waals surface area (Å²) in [5, 5.41) is 9.35. The molecule has 284 valence electrons. The van der Waals surface area contributed by atoms with Crippen molar-refractivity contribution in [2.45, 2.75) is 69.7 Å². The van der Waals surface area contributed by atoms with E-state index in [1.165, 1.54) is 16.8 Å². The van der Waals surface area contributed by atoms with Crippen molar-refractivity contribution in [1.29, 1.82) is 5.26 Å². The van der Waals surface area contributed by atoms with Gasteiger partial charge >= 0.3 is 5.69 Å². The van der Waals surface area contributed by atoms with Crippen molar-refractivity contribution in [3.05, 3.63) is 141 Å². The summed E-state index contributed by atoms with van der Waals surface area (Å²) in [6.07, 6.45) is 4.06. The molecule has 5 unspecified atom stereocenters. The lowest BCUT2D eigenvalue weighted by Gasteiger charge is -2.41. The molecular weight excluding hydrogens is 707 g/mol. The molecule has 3 aromatic carbocycles. The maximum atomic E-state index is 13.2. The number of hydrogen-bond acceptors (Lipinski definition) is 10. The number of benzene rings is 3. The van der Waals surface area contributed by atoms with Crippen LogP contribution < -0.4 is 20.7 Å². The number of hydrogen-bond donors (Lipinski definition) is 1. The smallest absolute Gasteiger partial charge is 0.330 e. The lowest BCUT2D eigenvalue weighted by molar-refractivity contribution is -0.135. The van der Waals surface area contributed by atoms with Crippen molar-refractivity contribution in [3.8, 4) is 17.6 Å².